The Labute approximate surface area is 87.8 Å². The van der Waals surface area contributed by atoms with E-state index in [9.17, 15) is 0 Å². The summed E-state index contributed by atoms with van der Waals surface area (Å²) in [4.78, 5) is 0. The van der Waals surface area contributed by atoms with E-state index < -0.39 is 0 Å². The minimum absolute atomic E-state index is 0.0330. The minimum Gasteiger partial charge on any atom is -0.396 e. The molecule has 0 aromatic rings. The Balaban J connectivity index is 3.89. The maximum absolute atomic E-state index is 8.95. The molecule has 0 aliphatic heterocycles. The van der Waals surface area contributed by atoms with Gasteiger partial charge in [0.05, 0.1) is 6.61 Å². The lowest BCUT2D eigenvalue weighted by molar-refractivity contribution is 0.108. The van der Waals surface area contributed by atoms with Gasteiger partial charge < -0.3 is 15.2 Å². The zero-order chi connectivity index (χ0) is 11.0. The monoisotopic (exact) mass is 203 g/mol. The first kappa shape index (κ1) is 13.9. The summed E-state index contributed by atoms with van der Waals surface area (Å²) in [6, 6.07) is 0.339. The summed E-state index contributed by atoms with van der Waals surface area (Å²) in [5.41, 5.74) is 0.0330. The topological polar surface area (TPSA) is 41.5 Å². The molecule has 0 aromatic heterocycles. The molecule has 0 fully saturated rings. The van der Waals surface area contributed by atoms with Gasteiger partial charge in [-0.3, -0.25) is 0 Å². The van der Waals surface area contributed by atoms with Gasteiger partial charge in [0.25, 0.3) is 0 Å². The maximum Gasteiger partial charge on any atom is 0.0616 e. The van der Waals surface area contributed by atoms with Gasteiger partial charge in [0.15, 0.2) is 0 Å². The van der Waals surface area contributed by atoms with Crippen LogP contribution in [0.15, 0.2) is 0 Å². The van der Waals surface area contributed by atoms with E-state index in [0.29, 0.717) is 6.04 Å². The molecule has 0 aliphatic carbocycles. The fourth-order valence-electron chi connectivity index (χ4n) is 1.53. The van der Waals surface area contributed by atoms with Crippen LogP contribution < -0.4 is 5.32 Å². The Morgan fingerprint density at radius 2 is 2.07 bits per heavy atom. The van der Waals surface area contributed by atoms with Gasteiger partial charge in [0.1, 0.15) is 0 Å². The highest BCUT2D eigenvalue weighted by Gasteiger charge is 2.22. The minimum atomic E-state index is 0.0330. The number of nitrogens with one attached hydrogen (secondary N) is 1. The summed E-state index contributed by atoms with van der Waals surface area (Å²) >= 11 is 0. The highest BCUT2D eigenvalue weighted by atomic mass is 16.5. The van der Waals surface area contributed by atoms with Crippen LogP contribution in [-0.2, 0) is 4.74 Å². The van der Waals surface area contributed by atoms with Gasteiger partial charge in [0.2, 0.25) is 0 Å². The van der Waals surface area contributed by atoms with Crippen LogP contribution in [0.1, 0.15) is 40.5 Å². The number of aliphatic hydroxyl groups is 1. The molecular weight excluding hydrogens is 178 g/mol. The molecule has 3 heteroatoms. The van der Waals surface area contributed by atoms with Crippen LogP contribution in [0.3, 0.4) is 0 Å². The molecule has 2 N–H and O–H groups in total. The van der Waals surface area contributed by atoms with Crippen molar-refractivity contribution in [3.8, 4) is 0 Å². The van der Waals surface area contributed by atoms with Gasteiger partial charge >= 0.3 is 0 Å². The van der Waals surface area contributed by atoms with Gasteiger partial charge in [-0.1, -0.05) is 6.92 Å². The van der Waals surface area contributed by atoms with Crippen molar-refractivity contribution in [2.45, 2.75) is 52.1 Å². The van der Waals surface area contributed by atoms with E-state index in [1.165, 1.54) is 0 Å². The lowest BCUT2D eigenvalue weighted by Gasteiger charge is -2.32. The van der Waals surface area contributed by atoms with Crippen molar-refractivity contribution in [3.05, 3.63) is 0 Å². The first-order valence-electron chi connectivity index (χ1n) is 5.54. The van der Waals surface area contributed by atoms with Crippen molar-refractivity contribution in [2.24, 2.45) is 0 Å². The van der Waals surface area contributed by atoms with E-state index >= 15 is 0 Å². The Morgan fingerprint density at radius 1 is 1.43 bits per heavy atom. The first-order valence-corrected chi connectivity index (χ1v) is 5.54. The molecule has 0 aliphatic rings. The molecule has 0 spiro atoms. The van der Waals surface area contributed by atoms with Gasteiger partial charge in [-0.15, -0.1) is 0 Å². The number of hydrogen-bond acceptors (Lipinski definition) is 3. The quantitative estimate of drug-likeness (QED) is 0.629. The molecule has 0 saturated carbocycles. The predicted octanol–water partition coefficient (Wildman–Crippen LogP) is 1.55. The van der Waals surface area contributed by atoms with Crippen molar-refractivity contribution in [1.82, 2.24) is 5.32 Å². The standard InChI is InChI=1S/C11H25NO2/c1-5-11(4,7-8-13)12-10(3)9-14-6-2/h10,12-13H,5-9H2,1-4H3. The zero-order valence-electron chi connectivity index (χ0n) is 9.97. The Morgan fingerprint density at radius 3 is 2.50 bits per heavy atom. The molecule has 0 radical (unpaired) electrons. The lowest BCUT2D eigenvalue weighted by Crippen LogP contribution is -2.48. The molecule has 3 nitrogen and oxygen atoms in total. The van der Waals surface area contributed by atoms with Gasteiger partial charge in [-0.05, 0) is 33.6 Å². The normalized spacial score (nSPS) is 17.8. The average Bonchev–Trinajstić information content (AvgIpc) is 2.15. The van der Waals surface area contributed by atoms with Crippen LogP contribution >= 0.6 is 0 Å². The van der Waals surface area contributed by atoms with Gasteiger partial charge in [-0.2, -0.15) is 0 Å². The Kier molecular flexibility index (Phi) is 7.15. The van der Waals surface area contributed by atoms with Gasteiger partial charge in [-0.25, -0.2) is 0 Å². The van der Waals surface area contributed by atoms with Crippen LogP contribution in [0.4, 0.5) is 0 Å². The summed E-state index contributed by atoms with van der Waals surface area (Å²) in [5.74, 6) is 0. The van der Waals surface area contributed by atoms with Crippen LogP contribution in [0.2, 0.25) is 0 Å². The summed E-state index contributed by atoms with van der Waals surface area (Å²) in [6.07, 6.45) is 1.81. The summed E-state index contributed by atoms with van der Waals surface area (Å²) in [6.45, 7) is 10.1. The van der Waals surface area contributed by atoms with Crippen molar-refractivity contribution < 1.29 is 9.84 Å². The third-order valence-electron chi connectivity index (χ3n) is 2.61. The highest BCUT2D eigenvalue weighted by molar-refractivity contribution is 4.83. The molecule has 14 heavy (non-hydrogen) atoms. The maximum atomic E-state index is 8.95. The van der Waals surface area contributed by atoms with E-state index in [2.05, 4.69) is 26.1 Å². The third-order valence-corrected chi connectivity index (χ3v) is 2.61. The Hall–Kier alpha value is -0.120. The first-order chi connectivity index (χ1) is 6.58. The van der Waals surface area contributed by atoms with Crippen molar-refractivity contribution >= 4 is 0 Å². The van der Waals surface area contributed by atoms with E-state index in [1.54, 1.807) is 0 Å². The van der Waals surface area contributed by atoms with Gasteiger partial charge in [0, 0.05) is 24.8 Å². The Bertz CT molecular complexity index is 141. The second kappa shape index (κ2) is 7.21. The molecule has 0 rings (SSSR count). The lowest BCUT2D eigenvalue weighted by atomic mass is 9.94. The number of hydrogen-bond donors (Lipinski definition) is 2. The summed E-state index contributed by atoms with van der Waals surface area (Å²) in [5, 5.41) is 12.4. The highest BCUT2D eigenvalue weighted by Crippen LogP contribution is 2.14. The van der Waals surface area contributed by atoms with E-state index in [0.717, 1.165) is 26.1 Å². The fourth-order valence-corrected chi connectivity index (χ4v) is 1.53. The second-order valence-corrected chi connectivity index (χ2v) is 4.09. The average molecular weight is 203 g/mol. The molecule has 2 atom stereocenters. The fraction of sp³-hybridized carbons (Fsp3) is 1.00. The molecule has 2 unspecified atom stereocenters. The van der Waals surface area contributed by atoms with Crippen molar-refractivity contribution in [1.29, 1.82) is 0 Å². The van der Waals surface area contributed by atoms with Crippen LogP contribution in [0.5, 0.6) is 0 Å². The molecular formula is C11H25NO2. The smallest absolute Gasteiger partial charge is 0.0616 e. The summed E-state index contributed by atoms with van der Waals surface area (Å²) in [7, 11) is 0. The molecule has 0 saturated heterocycles. The predicted molar refractivity (Wildman–Crippen MR) is 59.5 cm³/mol. The van der Waals surface area contributed by atoms with Crippen LogP contribution in [0, 0.1) is 0 Å². The number of rotatable bonds is 8. The largest absolute Gasteiger partial charge is 0.396 e. The zero-order valence-corrected chi connectivity index (χ0v) is 9.97. The van der Waals surface area contributed by atoms with E-state index in [4.69, 9.17) is 9.84 Å². The van der Waals surface area contributed by atoms with Crippen molar-refractivity contribution in [3.63, 3.8) is 0 Å². The molecule has 0 aromatic carbocycles. The molecule has 0 heterocycles. The molecule has 0 amide bonds. The molecule has 0 bridgehead atoms. The van der Waals surface area contributed by atoms with Crippen LogP contribution in [0.25, 0.3) is 0 Å². The number of aliphatic hydroxyl groups excluding tert-OH is 1. The summed E-state index contributed by atoms with van der Waals surface area (Å²) < 4.78 is 5.34. The van der Waals surface area contributed by atoms with E-state index in [-0.39, 0.29) is 12.1 Å². The van der Waals surface area contributed by atoms with Crippen LogP contribution in [-0.4, -0.2) is 36.5 Å². The number of ether oxygens (including phenoxy) is 1. The second-order valence-electron chi connectivity index (χ2n) is 4.09. The van der Waals surface area contributed by atoms with Crippen molar-refractivity contribution in [2.75, 3.05) is 19.8 Å². The van der Waals surface area contributed by atoms with E-state index in [1.807, 2.05) is 6.92 Å². The SMILES string of the molecule is CCOCC(C)NC(C)(CC)CCO. The third kappa shape index (κ3) is 5.58. The molecule has 86 valence electrons.